The number of hydrogen-bond donors (Lipinski definition) is 2. The first-order chi connectivity index (χ1) is 10.2. The first kappa shape index (κ1) is 15.1. The van der Waals surface area contributed by atoms with Crippen LogP contribution in [0.15, 0.2) is 41.1 Å². The molecular formula is C15H19N3O3. The van der Waals surface area contributed by atoms with E-state index < -0.39 is 0 Å². The van der Waals surface area contributed by atoms with E-state index in [1.807, 2.05) is 19.1 Å². The van der Waals surface area contributed by atoms with E-state index in [9.17, 15) is 4.79 Å². The number of aliphatic hydroxyl groups excluding tert-OH is 1. The van der Waals surface area contributed by atoms with Gasteiger partial charge in [0.2, 0.25) is 5.89 Å². The monoisotopic (exact) mass is 289 g/mol. The van der Waals surface area contributed by atoms with Gasteiger partial charge in [0.15, 0.2) is 0 Å². The molecule has 1 aromatic carbocycles. The summed E-state index contributed by atoms with van der Waals surface area (Å²) in [6, 6.07) is 7.03. The summed E-state index contributed by atoms with van der Waals surface area (Å²) < 4.78 is 5.21. The Morgan fingerprint density at radius 3 is 2.67 bits per heavy atom. The van der Waals surface area contributed by atoms with Crippen LogP contribution in [-0.2, 0) is 0 Å². The number of anilines is 1. The molecule has 2 N–H and O–H groups in total. The first-order valence-corrected chi connectivity index (χ1v) is 6.91. The molecule has 0 aliphatic carbocycles. The van der Waals surface area contributed by atoms with Crippen molar-refractivity contribution >= 4 is 11.7 Å². The highest BCUT2D eigenvalue weighted by molar-refractivity contribution is 5.89. The fraction of sp³-hybridized carbons (Fsp3) is 0.333. The number of amides is 2. The van der Waals surface area contributed by atoms with Crippen molar-refractivity contribution in [3.63, 3.8) is 0 Å². The van der Waals surface area contributed by atoms with Crippen LogP contribution in [0.1, 0.15) is 13.3 Å². The second-order valence-corrected chi connectivity index (χ2v) is 4.56. The van der Waals surface area contributed by atoms with Gasteiger partial charge in [-0.15, -0.1) is 0 Å². The van der Waals surface area contributed by atoms with Gasteiger partial charge in [0.25, 0.3) is 0 Å². The molecule has 0 fully saturated rings. The minimum atomic E-state index is -0.213. The molecule has 0 atom stereocenters. The topological polar surface area (TPSA) is 78.6 Å². The molecule has 112 valence electrons. The van der Waals surface area contributed by atoms with Gasteiger partial charge in [0.05, 0.1) is 12.8 Å². The number of nitrogens with zero attached hydrogens (tertiary/aromatic N) is 2. The predicted octanol–water partition coefficient (Wildman–Crippen LogP) is 2.58. The molecule has 1 aromatic heterocycles. The maximum Gasteiger partial charge on any atom is 0.321 e. The highest BCUT2D eigenvalue weighted by Gasteiger charge is 2.12. The molecule has 0 radical (unpaired) electrons. The predicted molar refractivity (Wildman–Crippen MR) is 79.9 cm³/mol. The highest BCUT2D eigenvalue weighted by atomic mass is 16.3. The molecule has 2 aromatic rings. The normalized spacial score (nSPS) is 10.4. The molecular weight excluding hydrogens is 270 g/mol. The van der Waals surface area contributed by atoms with Crippen LogP contribution in [0.25, 0.3) is 11.5 Å². The Morgan fingerprint density at radius 2 is 2.10 bits per heavy atom. The summed E-state index contributed by atoms with van der Waals surface area (Å²) in [5.74, 6) is 0.542. The summed E-state index contributed by atoms with van der Waals surface area (Å²) in [5, 5.41) is 11.8. The van der Waals surface area contributed by atoms with Crippen molar-refractivity contribution < 1.29 is 14.3 Å². The Bertz CT molecular complexity index is 546. The number of hydrogen-bond acceptors (Lipinski definition) is 4. The van der Waals surface area contributed by atoms with Crippen LogP contribution in [0.3, 0.4) is 0 Å². The van der Waals surface area contributed by atoms with Crippen molar-refractivity contribution in [1.82, 2.24) is 9.88 Å². The molecule has 0 aliphatic rings. The number of aromatic nitrogens is 1. The van der Waals surface area contributed by atoms with E-state index in [2.05, 4.69) is 10.3 Å². The molecule has 0 saturated heterocycles. The Labute approximate surface area is 123 Å². The molecule has 2 rings (SSSR count). The Kier molecular flexibility index (Phi) is 5.34. The van der Waals surface area contributed by atoms with Gasteiger partial charge in [-0.05, 0) is 30.7 Å². The Morgan fingerprint density at radius 1 is 1.33 bits per heavy atom. The fourth-order valence-electron chi connectivity index (χ4n) is 1.97. The number of rotatable bonds is 6. The molecule has 21 heavy (non-hydrogen) atoms. The largest absolute Gasteiger partial charge is 0.445 e. The second-order valence-electron chi connectivity index (χ2n) is 4.56. The second kappa shape index (κ2) is 7.44. The number of nitrogens with one attached hydrogen (secondary N) is 1. The SMILES string of the molecule is CCCN(CCO)C(=O)Nc1ccc(-c2ncco2)cc1. The van der Waals surface area contributed by atoms with Gasteiger partial charge in [0.1, 0.15) is 6.26 Å². The van der Waals surface area contributed by atoms with Crippen molar-refractivity contribution in [3.8, 4) is 11.5 Å². The van der Waals surface area contributed by atoms with Gasteiger partial charge >= 0.3 is 6.03 Å². The number of aliphatic hydroxyl groups is 1. The van der Waals surface area contributed by atoms with E-state index in [1.165, 1.54) is 6.26 Å². The highest BCUT2D eigenvalue weighted by Crippen LogP contribution is 2.19. The number of benzene rings is 1. The quantitative estimate of drug-likeness (QED) is 0.856. The zero-order valence-electron chi connectivity index (χ0n) is 12.0. The van der Waals surface area contributed by atoms with Gasteiger partial charge < -0.3 is 19.7 Å². The smallest absolute Gasteiger partial charge is 0.321 e. The number of carbonyl (C=O) groups is 1. The summed E-state index contributed by atoms with van der Waals surface area (Å²) >= 11 is 0. The minimum Gasteiger partial charge on any atom is -0.445 e. The summed E-state index contributed by atoms with van der Waals surface area (Å²) in [6.07, 6.45) is 3.95. The molecule has 0 spiro atoms. The summed E-state index contributed by atoms with van der Waals surface area (Å²) in [5.41, 5.74) is 1.54. The van der Waals surface area contributed by atoms with Crippen LogP contribution >= 0.6 is 0 Å². The zero-order chi connectivity index (χ0) is 15.1. The molecule has 0 unspecified atom stereocenters. The summed E-state index contributed by atoms with van der Waals surface area (Å²) in [7, 11) is 0. The number of oxazole rings is 1. The van der Waals surface area contributed by atoms with Crippen molar-refractivity contribution in [2.75, 3.05) is 25.0 Å². The minimum absolute atomic E-state index is 0.0451. The Hall–Kier alpha value is -2.34. The van der Waals surface area contributed by atoms with Crippen LogP contribution < -0.4 is 5.32 Å². The van der Waals surface area contributed by atoms with Crippen molar-refractivity contribution in [1.29, 1.82) is 0 Å². The standard InChI is InChI=1S/C15H19N3O3/c1-2-8-18(9-10-19)15(20)17-13-5-3-12(4-6-13)14-16-7-11-21-14/h3-7,11,19H,2,8-10H2,1H3,(H,17,20). The van der Waals surface area contributed by atoms with Crippen molar-refractivity contribution in [2.24, 2.45) is 0 Å². The molecule has 0 saturated carbocycles. The maximum absolute atomic E-state index is 12.1. The van der Waals surface area contributed by atoms with Crippen LogP contribution in [0.2, 0.25) is 0 Å². The van der Waals surface area contributed by atoms with E-state index in [1.54, 1.807) is 23.2 Å². The van der Waals surface area contributed by atoms with Crippen molar-refractivity contribution in [2.45, 2.75) is 13.3 Å². The van der Waals surface area contributed by atoms with E-state index in [-0.39, 0.29) is 12.6 Å². The third kappa shape index (κ3) is 4.06. The zero-order valence-corrected chi connectivity index (χ0v) is 12.0. The van der Waals surface area contributed by atoms with Crippen LogP contribution in [0, 0.1) is 0 Å². The number of carbonyl (C=O) groups excluding carboxylic acids is 1. The van der Waals surface area contributed by atoms with E-state index in [4.69, 9.17) is 9.52 Å². The number of urea groups is 1. The van der Waals surface area contributed by atoms with Crippen LogP contribution in [-0.4, -0.2) is 40.7 Å². The molecule has 0 bridgehead atoms. The lowest BCUT2D eigenvalue weighted by Crippen LogP contribution is -2.37. The maximum atomic E-state index is 12.1. The first-order valence-electron chi connectivity index (χ1n) is 6.91. The third-order valence-electron chi connectivity index (χ3n) is 2.97. The van der Waals surface area contributed by atoms with Gasteiger partial charge in [-0.25, -0.2) is 9.78 Å². The third-order valence-corrected chi connectivity index (χ3v) is 2.97. The lowest BCUT2D eigenvalue weighted by atomic mass is 10.2. The van der Waals surface area contributed by atoms with E-state index in [0.29, 0.717) is 24.7 Å². The molecule has 1 heterocycles. The van der Waals surface area contributed by atoms with Crippen LogP contribution in [0.4, 0.5) is 10.5 Å². The van der Waals surface area contributed by atoms with E-state index >= 15 is 0 Å². The lowest BCUT2D eigenvalue weighted by Gasteiger charge is -2.21. The summed E-state index contributed by atoms with van der Waals surface area (Å²) in [6.45, 7) is 2.88. The average Bonchev–Trinajstić information content (AvgIpc) is 3.02. The lowest BCUT2D eigenvalue weighted by molar-refractivity contribution is 0.188. The van der Waals surface area contributed by atoms with Crippen LogP contribution in [0.5, 0.6) is 0 Å². The molecule has 6 heteroatoms. The Balaban J connectivity index is 2.00. The molecule has 2 amide bonds. The summed E-state index contributed by atoms with van der Waals surface area (Å²) in [4.78, 5) is 17.7. The fourth-order valence-corrected chi connectivity index (χ4v) is 1.97. The van der Waals surface area contributed by atoms with Gasteiger partial charge in [-0.1, -0.05) is 6.92 Å². The van der Waals surface area contributed by atoms with Gasteiger partial charge in [-0.2, -0.15) is 0 Å². The van der Waals surface area contributed by atoms with E-state index in [0.717, 1.165) is 12.0 Å². The average molecular weight is 289 g/mol. The van der Waals surface area contributed by atoms with Gasteiger partial charge in [0, 0.05) is 24.3 Å². The molecule has 6 nitrogen and oxygen atoms in total. The molecule has 0 aliphatic heterocycles. The van der Waals surface area contributed by atoms with Crippen molar-refractivity contribution in [3.05, 3.63) is 36.7 Å². The van der Waals surface area contributed by atoms with Gasteiger partial charge in [-0.3, -0.25) is 0 Å².